The number of likely N-dealkylation sites (tertiary alicyclic amines) is 2. The van der Waals surface area contributed by atoms with E-state index in [1.54, 1.807) is 6.33 Å². The fourth-order valence-corrected chi connectivity index (χ4v) is 6.57. The molecule has 10 nitrogen and oxygen atoms in total. The second-order valence-corrected chi connectivity index (χ2v) is 11.8. The van der Waals surface area contributed by atoms with E-state index in [9.17, 15) is 23.1 Å². The summed E-state index contributed by atoms with van der Waals surface area (Å²) in [4.78, 5) is 20.9. The second-order valence-electron chi connectivity index (χ2n) is 11.8. The highest BCUT2D eigenvalue weighted by Crippen LogP contribution is 2.56. The van der Waals surface area contributed by atoms with Gasteiger partial charge in [-0.25, -0.2) is 14.5 Å². The highest BCUT2D eigenvalue weighted by atomic mass is 19.4. The third-order valence-corrected chi connectivity index (χ3v) is 8.68. The summed E-state index contributed by atoms with van der Waals surface area (Å²) in [7, 11) is 1.44. The minimum atomic E-state index is -4.55. The van der Waals surface area contributed by atoms with Crippen LogP contribution in [0.25, 0.3) is 0 Å². The Morgan fingerprint density at radius 2 is 1.67 bits per heavy atom. The largest absolute Gasteiger partial charge is 0.486 e. The first-order chi connectivity index (χ1) is 16.9. The highest BCUT2D eigenvalue weighted by molar-refractivity contribution is 5.77. The Morgan fingerprint density at radius 3 is 2.25 bits per heavy atom. The number of hydrogen-bond acceptors (Lipinski definition) is 6. The van der Waals surface area contributed by atoms with Crippen molar-refractivity contribution in [2.75, 3.05) is 26.2 Å². The maximum atomic E-state index is 13.1. The van der Waals surface area contributed by atoms with Gasteiger partial charge in [-0.2, -0.15) is 23.4 Å². The van der Waals surface area contributed by atoms with Crippen LogP contribution in [0.5, 0.6) is 5.75 Å². The SMILES string of the molecule is Cn1cc(OC2CC3(C2)CN(C(=O)N2CC4(CC(n5cnc(C6(O)CC6)n5)C4)C2)C3)c(C(F)(F)F)n1. The normalized spacial score (nSPS) is 25.8. The number of urea groups is 1. The number of halogens is 3. The van der Waals surface area contributed by atoms with Crippen molar-refractivity contribution in [1.82, 2.24) is 34.3 Å². The zero-order chi connectivity index (χ0) is 25.1. The number of carbonyl (C=O) groups is 1. The van der Waals surface area contributed by atoms with E-state index in [4.69, 9.17) is 4.74 Å². The molecule has 1 N–H and O–H groups in total. The molecule has 2 saturated heterocycles. The number of aromatic nitrogens is 5. The summed E-state index contributed by atoms with van der Waals surface area (Å²) in [6, 6.07) is 0.312. The number of alkyl halides is 3. The molecule has 5 aliphatic rings. The van der Waals surface area contributed by atoms with Gasteiger partial charge in [0.2, 0.25) is 5.69 Å². The van der Waals surface area contributed by atoms with Gasteiger partial charge in [0, 0.05) is 44.1 Å². The first kappa shape index (κ1) is 22.4. The smallest absolute Gasteiger partial charge is 0.438 e. The Hall–Kier alpha value is -2.83. The van der Waals surface area contributed by atoms with E-state index in [-0.39, 0.29) is 34.8 Å². The summed E-state index contributed by atoms with van der Waals surface area (Å²) in [6.07, 6.45) is 2.76. The summed E-state index contributed by atoms with van der Waals surface area (Å²) in [5, 5.41) is 18.1. The Bertz CT molecular complexity index is 1210. The van der Waals surface area contributed by atoms with Crippen molar-refractivity contribution < 1.29 is 27.8 Å². The van der Waals surface area contributed by atoms with Crippen molar-refractivity contribution in [3.05, 3.63) is 24.0 Å². The molecule has 3 aliphatic carbocycles. The number of aliphatic hydroxyl groups is 1. The molecular formula is C23H28F3N7O3. The van der Waals surface area contributed by atoms with Crippen molar-refractivity contribution in [2.24, 2.45) is 17.9 Å². The van der Waals surface area contributed by atoms with Crippen LogP contribution in [0.4, 0.5) is 18.0 Å². The molecule has 3 saturated carbocycles. The van der Waals surface area contributed by atoms with Gasteiger partial charge in [0.25, 0.3) is 0 Å². The van der Waals surface area contributed by atoms with Gasteiger partial charge in [-0.15, -0.1) is 0 Å². The van der Waals surface area contributed by atoms with Crippen molar-refractivity contribution in [3.63, 3.8) is 0 Å². The van der Waals surface area contributed by atoms with Gasteiger partial charge in [0.05, 0.1) is 12.2 Å². The van der Waals surface area contributed by atoms with Gasteiger partial charge >= 0.3 is 12.2 Å². The van der Waals surface area contributed by atoms with Crippen LogP contribution in [0.2, 0.25) is 0 Å². The minimum absolute atomic E-state index is 0.0402. The van der Waals surface area contributed by atoms with Crippen molar-refractivity contribution in [2.45, 2.75) is 62.4 Å². The lowest BCUT2D eigenvalue weighted by molar-refractivity contribution is -0.146. The summed E-state index contributed by atoms with van der Waals surface area (Å²) < 4.78 is 48.0. The predicted octanol–water partition coefficient (Wildman–Crippen LogP) is 2.31. The Balaban J connectivity index is 0.862. The topological polar surface area (TPSA) is 102 Å². The molecule has 0 bridgehead atoms. The number of hydrogen-bond donors (Lipinski definition) is 1. The zero-order valence-electron chi connectivity index (χ0n) is 19.9. The molecule has 2 aliphatic heterocycles. The van der Waals surface area contributed by atoms with Gasteiger partial charge < -0.3 is 19.6 Å². The van der Waals surface area contributed by atoms with Gasteiger partial charge in [-0.1, -0.05) is 0 Å². The quantitative estimate of drug-likeness (QED) is 0.682. The second kappa shape index (κ2) is 6.93. The van der Waals surface area contributed by atoms with Crippen LogP contribution in [0.3, 0.4) is 0 Å². The van der Waals surface area contributed by atoms with Gasteiger partial charge in [-0.05, 0) is 38.5 Å². The molecule has 2 spiro atoms. The molecular weight excluding hydrogens is 479 g/mol. The van der Waals surface area contributed by atoms with Crippen molar-refractivity contribution >= 4 is 6.03 Å². The molecule has 36 heavy (non-hydrogen) atoms. The summed E-state index contributed by atoms with van der Waals surface area (Å²) >= 11 is 0. The van der Waals surface area contributed by atoms with Gasteiger partial charge in [0.15, 0.2) is 11.6 Å². The van der Waals surface area contributed by atoms with Crippen LogP contribution in [0.1, 0.15) is 56.1 Å². The number of rotatable bonds is 4. The number of carbonyl (C=O) groups excluding carboxylic acids is 1. The molecule has 4 heterocycles. The molecule has 194 valence electrons. The van der Waals surface area contributed by atoms with Crippen LogP contribution in [-0.4, -0.2) is 77.8 Å². The lowest BCUT2D eigenvalue weighted by atomic mass is 9.60. The van der Waals surface area contributed by atoms with Crippen LogP contribution in [-0.2, 0) is 18.8 Å². The molecule has 0 atom stereocenters. The number of amides is 2. The van der Waals surface area contributed by atoms with E-state index >= 15 is 0 Å². The average Bonchev–Trinajstić information content (AvgIpc) is 3.08. The summed E-state index contributed by atoms with van der Waals surface area (Å²) in [5.41, 5.74) is -1.70. The fourth-order valence-electron chi connectivity index (χ4n) is 6.57. The fraction of sp³-hybridized carbons (Fsp3) is 0.739. The lowest BCUT2D eigenvalue weighted by Crippen LogP contribution is -2.71. The summed E-state index contributed by atoms with van der Waals surface area (Å²) in [6.45, 7) is 2.73. The Labute approximate surface area is 205 Å². The predicted molar refractivity (Wildman–Crippen MR) is 117 cm³/mol. The summed E-state index contributed by atoms with van der Waals surface area (Å²) in [5.74, 6) is 0.290. The van der Waals surface area contributed by atoms with E-state index < -0.39 is 17.5 Å². The molecule has 0 aromatic carbocycles. The third kappa shape index (κ3) is 3.41. The molecule has 2 aromatic rings. The molecule has 2 aromatic heterocycles. The van der Waals surface area contributed by atoms with Crippen molar-refractivity contribution in [3.8, 4) is 5.75 Å². The lowest BCUT2D eigenvalue weighted by Gasteiger charge is -2.63. The molecule has 0 radical (unpaired) electrons. The van der Waals surface area contributed by atoms with E-state index in [0.717, 1.165) is 43.5 Å². The van der Waals surface area contributed by atoms with Gasteiger partial charge in [0.1, 0.15) is 18.0 Å². The van der Waals surface area contributed by atoms with Crippen molar-refractivity contribution in [1.29, 1.82) is 0 Å². The standard InChI is InChI=1S/C23H28F3N7O3/c1-30-8-16(17(28-30)23(24,25)26)36-15-6-21(7-15)11-32(12-21)19(34)31-9-20(10-31)4-14(5-20)33-13-27-18(29-33)22(35)2-3-22/h8,13-15,35H,2-7,9-12H2,1H3. The van der Waals surface area contributed by atoms with Crippen LogP contribution < -0.4 is 4.74 Å². The van der Waals surface area contributed by atoms with E-state index in [1.807, 2.05) is 14.5 Å². The van der Waals surface area contributed by atoms with Crippen LogP contribution in [0.15, 0.2) is 12.5 Å². The monoisotopic (exact) mass is 507 g/mol. The van der Waals surface area contributed by atoms with Crippen LogP contribution in [0, 0.1) is 10.8 Å². The number of nitrogens with zero attached hydrogens (tertiary/aromatic N) is 7. The maximum Gasteiger partial charge on any atom is 0.438 e. The molecule has 7 rings (SSSR count). The average molecular weight is 508 g/mol. The maximum absolute atomic E-state index is 13.1. The number of aryl methyl sites for hydroxylation is 1. The molecule has 0 unspecified atom stereocenters. The minimum Gasteiger partial charge on any atom is -0.486 e. The molecule has 2 amide bonds. The third-order valence-electron chi connectivity index (χ3n) is 8.68. The van der Waals surface area contributed by atoms with E-state index in [2.05, 4.69) is 15.2 Å². The highest BCUT2D eigenvalue weighted by Gasteiger charge is 2.59. The first-order valence-corrected chi connectivity index (χ1v) is 12.4. The van der Waals surface area contributed by atoms with E-state index in [1.165, 1.54) is 13.2 Å². The Kier molecular flexibility index (Phi) is 4.31. The number of ether oxygens (including phenoxy) is 1. The zero-order valence-corrected chi connectivity index (χ0v) is 19.9. The van der Waals surface area contributed by atoms with Crippen LogP contribution >= 0.6 is 0 Å². The van der Waals surface area contributed by atoms with Gasteiger partial charge in [-0.3, -0.25) is 4.68 Å². The Morgan fingerprint density at radius 1 is 1.06 bits per heavy atom. The first-order valence-electron chi connectivity index (χ1n) is 12.4. The van der Waals surface area contributed by atoms with E-state index in [0.29, 0.717) is 31.8 Å². The molecule has 13 heteroatoms. The molecule has 5 fully saturated rings.